The summed E-state index contributed by atoms with van der Waals surface area (Å²) in [4.78, 5) is 13.4. The van der Waals surface area contributed by atoms with Gasteiger partial charge in [-0.15, -0.1) is 0 Å². The number of piperidine rings is 1. The van der Waals surface area contributed by atoms with E-state index in [1.165, 1.54) is 5.56 Å². The van der Waals surface area contributed by atoms with Crippen LogP contribution in [0.4, 0.5) is 5.69 Å². The molecule has 0 radical (unpaired) electrons. The summed E-state index contributed by atoms with van der Waals surface area (Å²) in [6, 6.07) is 11.6. The van der Waals surface area contributed by atoms with Gasteiger partial charge in [-0.2, -0.15) is 5.10 Å². The Hall–Kier alpha value is -3.52. The average molecular weight is 451 g/mol. The second-order valence-corrected chi connectivity index (χ2v) is 8.08. The van der Waals surface area contributed by atoms with Gasteiger partial charge in [0.1, 0.15) is 0 Å². The number of amides is 1. The van der Waals surface area contributed by atoms with E-state index in [1.54, 1.807) is 39.7 Å². The number of anilines is 1. The Bertz CT molecular complexity index is 1090. The number of nitrogens with zero attached hydrogens (tertiary/aromatic N) is 2. The number of aryl methyl sites for hydroxylation is 1. The monoisotopic (exact) mass is 450 g/mol. The van der Waals surface area contributed by atoms with Gasteiger partial charge in [0.05, 0.1) is 44.5 Å². The maximum atomic E-state index is 13.4. The SMILES string of the molecule is COc1cc(NC(=O)c2cnn(-c3ccc(C)cc3)c2C2CCNCC2)cc(OC)c1OC. The van der Waals surface area contributed by atoms with Crippen molar-refractivity contribution in [3.05, 3.63) is 59.4 Å². The molecule has 0 bridgehead atoms. The second kappa shape index (κ2) is 9.95. The van der Waals surface area contributed by atoms with Crippen molar-refractivity contribution in [3.63, 3.8) is 0 Å². The Morgan fingerprint density at radius 2 is 1.67 bits per heavy atom. The lowest BCUT2D eigenvalue weighted by molar-refractivity contribution is 0.102. The molecule has 1 amide bonds. The molecule has 1 saturated heterocycles. The Morgan fingerprint density at radius 1 is 1.03 bits per heavy atom. The van der Waals surface area contributed by atoms with Gasteiger partial charge in [0.15, 0.2) is 11.5 Å². The van der Waals surface area contributed by atoms with E-state index in [1.807, 2.05) is 16.8 Å². The van der Waals surface area contributed by atoms with E-state index >= 15 is 0 Å². The van der Waals surface area contributed by atoms with Gasteiger partial charge in [0, 0.05) is 23.7 Å². The summed E-state index contributed by atoms with van der Waals surface area (Å²) < 4.78 is 18.1. The van der Waals surface area contributed by atoms with Crippen molar-refractivity contribution in [2.75, 3.05) is 39.7 Å². The summed E-state index contributed by atoms with van der Waals surface area (Å²) in [6.45, 7) is 3.88. The topological polar surface area (TPSA) is 86.6 Å². The molecule has 0 spiro atoms. The number of methoxy groups -OCH3 is 3. The minimum absolute atomic E-state index is 0.226. The summed E-state index contributed by atoms with van der Waals surface area (Å²) >= 11 is 0. The predicted octanol–water partition coefficient (Wildman–Crippen LogP) is 3.93. The third-order valence-electron chi connectivity index (χ3n) is 5.98. The lowest BCUT2D eigenvalue weighted by Crippen LogP contribution is -2.29. The molecule has 2 heterocycles. The van der Waals surface area contributed by atoms with E-state index in [0.29, 0.717) is 28.5 Å². The quantitative estimate of drug-likeness (QED) is 0.567. The number of hydrogen-bond acceptors (Lipinski definition) is 6. The van der Waals surface area contributed by atoms with Crippen LogP contribution in [-0.4, -0.2) is 50.1 Å². The van der Waals surface area contributed by atoms with E-state index < -0.39 is 0 Å². The number of nitrogens with one attached hydrogen (secondary N) is 2. The molecule has 0 aliphatic carbocycles. The molecule has 174 valence electrons. The Kier molecular flexibility index (Phi) is 6.84. The third kappa shape index (κ3) is 4.66. The molecule has 0 unspecified atom stereocenters. The second-order valence-electron chi connectivity index (χ2n) is 8.08. The van der Waals surface area contributed by atoms with Gasteiger partial charge in [0.25, 0.3) is 5.91 Å². The van der Waals surface area contributed by atoms with Crippen molar-refractivity contribution in [1.82, 2.24) is 15.1 Å². The van der Waals surface area contributed by atoms with Crippen LogP contribution < -0.4 is 24.8 Å². The van der Waals surface area contributed by atoms with E-state index in [0.717, 1.165) is 37.3 Å². The molecule has 33 heavy (non-hydrogen) atoms. The van der Waals surface area contributed by atoms with Crippen LogP contribution in [0.2, 0.25) is 0 Å². The number of rotatable bonds is 7. The molecule has 1 fully saturated rings. The highest BCUT2D eigenvalue weighted by molar-refractivity contribution is 6.05. The molecule has 2 aromatic carbocycles. The van der Waals surface area contributed by atoms with Crippen molar-refractivity contribution < 1.29 is 19.0 Å². The first kappa shape index (κ1) is 22.7. The van der Waals surface area contributed by atoms with Gasteiger partial charge in [-0.1, -0.05) is 17.7 Å². The zero-order valence-corrected chi connectivity index (χ0v) is 19.5. The van der Waals surface area contributed by atoms with Crippen LogP contribution >= 0.6 is 0 Å². The number of benzene rings is 2. The molecular weight excluding hydrogens is 420 g/mol. The molecule has 0 saturated carbocycles. The normalized spacial score (nSPS) is 14.1. The van der Waals surface area contributed by atoms with Crippen molar-refractivity contribution in [3.8, 4) is 22.9 Å². The van der Waals surface area contributed by atoms with Gasteiger partial charge in [-0.05, 0) is 45.0 Å². The number of carbonyl (C=O) groups excluding carboxylic acids is 1. The van der Waals surface area contributed by atoms with Crippen LogP contribution in [0.15, 0.2) is 42.6 Å². The van der Waals surface area contributed by atoms with Crippen molar-refractivity contribution in [1.29, 1.82) is 0 Å². The standard InChI is InChI=1S/C25H30N4O4/c1-16-5-7-19(8-6-16)29-23(17-9-11-26-12-10-17)20(15-27-29)25(30)28-18-13-21(31-2)24(33-4)22(14-18)32-3/h5-8,13-15,17,26H,9-12H2,1-4H3,(H,28,30). The van der Waals surface area contributed by atoms with Crippen LogP contribution in [-0.2, 0) is 0 Å². The summed E-state index contributed by atoms with van der Waals surface area (Å²) in [5, 5.41) is 11.0. The molecule has 8 heteroatoms. The van der Waals surface area contributed by atoms with Gasteiger partial charge < -0.3 is 24.8 Å². The Morgan fingerprint density at radius 3 is 2.24 bits per heavy atom. The van der Waals surface area contributed by atoms with Gasteiger partial charge >= 0.3 is 0 Å². The van der Waals surface area contributed by atoms with Crippen molar-refractivity contribution in [2.45, 2.75) is 25.7 Å². The summed E-state index contributed by atoms with van der Waals surface area (Å²) in [6.07, 6.45) is 3.55. The minimum atomic E-state index is -0.226. The van der Waals surface area contributed by atoms with Crippen LogP contribution in [0.5, 0.6) is 17.2 Å². The molecule has 1 aliphatic rings. The summed E-state index contributed by atoms with van der Waals surface area (Å²) in [5.74, 6) is 1.43. The zero-order chi connectivity index (χ0) is 23.4. The molecule has 3 aromatic rings. The Balaban J connectivity index is 1.71. The van der Waals surface area contributed by atoms with E-state index in [9.17, 15) is 4.79 Å². The van der Waals surface area contributed by atoms with Gasteiger partial charge in [-0.3, -0.25) is 4.79 Å². The lowest BCUT2D eigenvalue weighted by atomic mass is 9.91. The van der Waals surface area contributed by atoms with Crippen LogP contribution in [0.25, 0.3) is 5.69 Å². The third-order valence-corrected chi connectivity index (χ3v) is 5.98. The van der Waals surface area contributed by atoms with Gasteiger partial charge in [-0.25, -0.2) is 4.68 Å². The number of ether oxygens (including phenoxy) is 3. The molecule has 1 aromatic heterocycles. The van der Waals surface area contributed by atoms with E-state index in [4.69, 9.17) is 14.2 Å². The van der Waals surface area contributed by atoms with E-state index in [2.05, 4.69) is 34.8 Å². The lowest BCUT2D eigenvalue weighted by Gasteiger charge is -2.25. The summed E-state index contributed by atoms with van der Waals surface area (Å²) in [5.41, 5.74) is 4.17. The zero-order valence-electron chi connectivity index (χ0n) is 19.5. The molecular formula is C25H30N4O4. The molecule has 2 N–H and O–H groups in total. The first-order valence-electron chi connectivity index (χ1n) is 11.0. The fourth-order valence-electron chi connectivity index (χ4n) is 4.26. The fourth-order valence-corrected chi connectivity index (χ4v) is 4.26. The molecule has 1 aliphatic heterocycles. The number of carbonyl (C=O) groups is 1. The fraction of sp³-hybridized carbons (Fsp3) is 0.360. The predicted molar refractivity (Wildman–Crippen MR) is 127 cm³/mol. The minimum Gasteiger partial charge on any atom is -0.493 e. The van der Waals surface area contributed by atoms with Crippen LogP contribution in [0.3, 0.4) is 0 Å². The first-order valence-corrected chi connectivity index (χ1v) is 11.0. The Labute approximate surface area is 193 Å². The highest BCUT2D eigenvalue weighted by Gasteiger charge is 2.27. The molecule has 8 nitrogen and oxygen atoms in total. The van der Waals surface area contributed by atoms with Crippen LogP contribution in [0, 0.1) is 6.92 Å². The smallest absolute Gasteiger partial charge is 0.259 e. The highest BCUT2D eigenvalue weighted by Crippen LogP contribution is 2.40. The summed E-state index contributed by atoms with van der Waals surface area (Å²) in [7, 11) is 4.64. The average Bonchev–Trinajstić information content (AvgIpc) is 3.29. The van der Waals surface area contributed by atoms with Crippen molar-refractivity contribution in [2.24, 2.45) is 0 Å². The van der Waals surface area contributed by atoms with E-state index in [-0.39, 0.29) is 11.8 Å². The van der Waals surface area contributed by atoms with Crippen molar-refractivity contribution >= 4 is 11.6 Å². The van der Waals surface area contributed by atoms with Gasteiger partial charge in [0.2, 0.25) is 5.75 Å². The maximum Gasteiger partial charge on any atom is 0.259 e. The number of aromatic nitrogens is 2. The largest absolute Gasteiger partial charge is 0.493 e. The molecule has 4 rings (SSSR count). The first-order chi connectivity index (χ1) is 16.0. The van der Waals surface area contributed by atoms with Crippen LogP contribution in [0.1, 0.15) is 40.4 Å². The maximum absolute atomic E-state index is 13.4. The molecule has 0 atom stereocenters. The number of hydrogen-bond donors (Lipinski definition) is 2. The highest BCUT2D eigenvalue weighted by atomic mass is 16.5.